The van der Waals surface area contributed by atoms with Gasteiger partial charge in [-0.15, -0.1) is 0 Å². The molecular formula is C14H14BrNO2. The first-order valence-corrected chi connectivity index (χ1v) is 6.53. The molecule has 0 N–H and O–H groups in total. The molecule has 1 aliphatic rings. The molecule has 3 nitrogen and oxygen atoms in total. The van der Waals surface area contributed by atoms with Crippen molar-refractivity contribution in [3.8, 4) is 5.75 Å². The Balaban J connectivity index is 2.30. The van der Waals surface area contributed by atoms with Crippen molar-refractivity contribution >= 4 is 22.0 Å². The fourth-order valence-electron chi connectivity index (χ4n) is 1.83. The van der Waals surface area contributed by atoms with Crippen molar-refractivity contribution in [2.45, 2.75) is 25.3 Å². The minimum atomic E-state index is -0.386. The average Bonchev–Trinajstić information content (AvgIpc) is 3.09. The second kappa shape index (κ2) is 5.09. The summed E-state index contributed by atoms with van der Waals surface area (Å²) in [5.74, 6) is 0.753. The second-order valence-electron chi connectivity index (χ2n) is 4.60. The highest BCUT2D eigenvalue weighted by molar-refractivity contribution is 9.10. The quantitative estimate of drug-likeness (QED) is 0.472. The fraction of sp³-hybridized carbons (Fsp3) is 0.357. The van der Waals surface area contributed by atoms with Gasteiger partial charge >= 0.3 is 0 Å². The van der Waals surface area contributed by atoms with Crippen molar-refractivity contribution < 1.29 is 9.53 Å². The van der Waals surface area contributed by atoms with Crippen LogP contribution in [0.3, 0.4) is 0 Å². The summed E-state index contributed by atoms with van der Waals surface area (Å²) in [4.78, 5) is 14.4. The topological polar surface area (TPSA) is 38.7 Å². The Hall–Kier alpha value is -1.38. The zero-order chi connectivity index (χ0) is 13.2. The van der Waals surface area contributed by atoms with Gasteiger partial charge in [0.1, 0.15) is 12.4 Å². The normalized spacial score (nSPS) is 15.7. The predicted molar refractivity (Wildman–Crippen MR) is 73.5 cm³/mol. The van der Waals surface area contributed by atoms with Crippen LogP contribution in [0.15, 0.2) is 39.8 Å². The third kappa shape index (κ3) is 2.55. The van der Waals surface area contributed by atoms with E-state index in [9.17, 15) is 4.79 Å². The number of hydrogen-bond acceptors (Lipinski definition) is 3. The Morgan fingerprint density at radius 3 is 2.89 bits per heavy atom. The van der Waals surface area contributed by atoms with E-state index in [0.717, 1.165) is 34.2 Å². The molecular weight excluding hydrogens is 294 g/mol. The maximum absolute atomic E-state index is 10.5. The summed E-state index contributed by atoms with van der Waals surface area (Å²) < 4.78 is 6.52. The van der Waals surface area contributed by atoms with E-state index >= 15 is 0 Å². The first-order chi connectivity index (χ1) is 8.59. The van der Waals surface area contributed by atoms with E-state index in [-0.39, 0.29) is 5.54 Å². The molecule has 0 bridgehead atoms. The minimum absolute atomic E-state index is 0.386. The molecule has 0 atom stereocenters. The first-order valence-electron chi connectivity index (χ1n) is 5.74. The zero-order valence-corrected chi connectivity index (χ0v) is 11.8. The SMILES string of the molecule is C=C(C)COc1cccc(C2(N=C=O)CC2)c1Br. The van der Waals surface area contributed by atoms with Gasteiger partial charge < -0.3 is 4.74 Å². The number of ether oxygens (including phenoxy) is 1. The number of rotatable bonds is 5. The van der Waals surface area contributed by atoms with Crippen LogP contribution in [-0.4, -0.2) is 12.7 Å². The summed E-state index contributed by atoms with van der Waals surface area (Å²) in [7, 11) is 0. The summed E-state index contributed by atoms with van der Waals surface area (Å²) >= 11 is 3.53. The Kier molecular flexibility index (Phi) is 3.69. The highest BCUT2D eigenvalue weighted by atomic mass is 79.9. The maximum atomic E-state index is 10.5. The Morgan fingerprint density at radius 1 is 1.61 bits per heavy atom. The molecule has 1 fully saturated rings. The van der Waals surface area contributed by atoms with Crippen LogP contribution in [0, 0.1) is 0 Å². The van der Waals surface area contributed by atoms with E-state index in [2.05, 4.69) is 27.5 Å². The monoisotopic (exact) mass is 307 g/mol. The molecule has 1 aromatic rings. The molecule has 18 heavy (non-hydrogen) atoms. The lowest BCUT2D eigenvalue weighted by Gasteiger charge is -2.14. The van der Waals surface area contributed by atoms with E-state index in [1.807, 2.05) is 25.1 Å². The van der Waals surface area contributed by atoms with Gasteiger partial charge in [0.15, 0.2) is 0 Å². The van der Waals surface area contributed by atoms with Gasteiger partial charge in [-0.2, -0.15) is 4.99 Å². The highest BCUT2D eigenvalue weighted by Crippen LogP contribution is 2.52. The molecule has 0 aliphatic heterocycles. The number of isocyanates is 1. The molecule has 0 saturated heterocycles. The van der Waals surface area contributed by atoms with Crippen LogP contribution in [0.1, 0.15) is 25.3 Å². The van der Waals surface area contributed by atoms with Crippen molar-refractivity contribution in [3.05, 3.63) is 40.4 Å². The molecule has 0 amide bonds. The molecule has 94 valence electrons. The van der Waals surface area contributed by atoms with Gasteiger partial charge in [-0.05, 0) is 52.9 Å². The lowest BCUT2D eigenvalue weighted by Crippen LogP contribution is -2.05. The Labute approximate surface area is 115 Å². The molecule has 2 rings (SSSR count). The van der Waals surface area contributed by atoms with Gasteiger partial charge in [-0.25, -0.2) is 4.79 Å². The van der Waals surface area contributed by atoms with Crippen LogP contribution in [0.2, 0.25) is 0 Å². The lowest BCUT2D eigenvalue weighted by atomic mass is 10.1. The molecule has 4 heteroatoms. The third-order valence-corrected chi connectivity index (χ3v) is 3.74. The van der Waals surface area contributed by atoms with Crippen LogP contribution in [0.5, 0.6) is 5.75 Å². The maximum Gasteiger partial charge on any atom is 0.235 e. The van der Waals surface area contributed by atoms with Crippen LogP contribution in [0.4, 0.5) is 0 Å². The van der Waals surface area contributed by atoms with Gasteiger partial charge in [0.25, 0.3) is 0 Å². The van der Waals surface area contributed by atoms with Crippen molar-refractivity contribution in [1.29, 1.82) is 0 Å². The van der Waals surface area contributed by atoms with E-state index in [0.29, 0.717) is 6.61 Å². The molecule has 1 aromatic carbocycles. The second-order valence-corrected chi connectivity index (χ2v) is 5.39. The Bertz CT molecular complexity index is 529. The number of benzene rings is 1. The van der Waals surface area contributed by atoms with Crippen LogP contribution < -0.4 is 4.74 Å². The summed E-state index contributed by atoms with van der Waals surface area (Å²) in [5, 5.41) is 0. The molecule has 0 radical (unpaired) electrons. The van der Waals surface area contributed by atoms with E-state index in [4.69, 9.17) is 4.74 Å². The highest BCUT2D eigenvalue weighted by Gasteiger charge is 2.46. The van der Waals surface area contributed by atoms with Gasteiger partial charge in [0.2, 0.25) is 6.08 Å². The zero-order valence-electron chi connectivity index (χ0n) is 10.2. The average molecular weight is 308 g/mol. The summed E-state index contributed by atoms with van der Waals surface area (Å²) in [6, 6.07) is 5.76. The van der Waals surface area contributed by atoms with Crippen molar-refractivity contribution in [1.82, 2.24) is 0 Å². The number of halogens is 1. The van der Waals surface area contributed by atoms with E-state index in [1.54, 1.807) is 6.08 Å². The summed E-state index contributed by atoms with van der Waals surface area (Å²) in [6.45, 7) is 6.19. The van der Waals surface area contributed by atoms with Gasteiger partial charge in [-0.1, -0.05) is 18.7 Å². The molecule has 0 aromatic heterocycles. The van der Waals surface area contributed by atoms with Gasteiger partial charge in [-0.3, -0.25) is 0 Å². The lowest BCUT2D eigenvalue weighted by molar-refractivity contribution is 0.349. The van der Waals surface area contributed by atoms with Crippen molar-refractivity contribution in [3.63, 3.8) is 0 Å². The summed E-state index contributed by atoms with van der Waals surface area (Å²) in [5.41, 5.74) is 1.56. The van der Waals surface area contributed by atoms with Crippen LogP contribution in [-0.2, 0) is 10.3 Å². The third-order valence-electron chi connectivity index (χ3n) is 2.92. The van der Waals surface area contributed by atoms with Crippen LogP contribution in [0.25, 0.3) is 0 Å². The predicted octanol–water partition coefficient (Wildman–Crippen LogP) is 3.73. The van der Waals surface area contributed by atoms with E-state index < -0.39 is 0 Å². The van der Waals surface area contributed by atoms with Crippen molar-refractivity contribution in [2.24, 2.45) is 4.99 Å². The number of hydrogen-bond donors (Lipinski definition) is 0. The molecule has 0 spiro atoms. The van der Waals surface area contributed by atoms with Gasteiger partial charge in [0.05, 0.1) is 10.0 Å². The first kappa shape index (κ1) is 13.1. The molecule has 0 unspecified atom stereocenters. The fourth-order valence-corrected chi connectivity index (χ4v) is 2.58. The number of nitrogens with zero attached hydrogens (tertiary/aromatic N) is 1. The van der Waals surface area contributed by atoms with E-state index in [1.165, 1.54) is 0 Å². The summed E-state index contributed by atoms with van der Waals surface area (Å²) in [6.07, 6.45) is 3.42. The molecule has 0 heterocycles. The number of carbonyl (C=O) groups excluding carboxylic acids is 1. The molecule has 1 saturated carbocycles. The number of aliphatic imine (C=N–C) groups is 1. The Morgan fingerprint density at radius 2 is 2.33 bits per heavy atom. The van der Waals surface area contributed by atoms with Crippen LogP contribution >= 0.6 is 15.9 Å². The van der Waals surface area contributed by atoms with Gasteiger partial charge in [0, 0.05) is 0 Å². The minimum Gasteiger partial charge on any atom is -0.488 e. The largest absolute Gasteiger partial charge is 0.488 e. The van der Waals surface area contributed by atoms with Crippen molar-refractivity contribution in [2.75, 3.05) is 6.61 Å². The molecule has 1 aliphatic carbocycles. The standard InChI is InChI=1S/C14H14BrNO2/c1-10(2)8-18-12-5-3-4-11(13(12)15)14(6-7-14)16-9-17/h3-5H,1,6-8H2,2H3. The smallest absolute Gasteiger partial charge is 0.235 e.